The highest BCUT2D eigenvalue weighted by molar-refractivity contribution is 8.00. The summed E-state index contributed by atoms with van der Waals surface area (Å²) in [6.07, 6.45) is 1.07. The van der Waals surface area contributed by atoms with Crippen molar-refractivity contribution in [2.45, 2.75) is 29.5 Å². The van der Waals surface area contributed by atoms with Crippen LogP contribution >= 0.6 is 11.8 Å². The second-order valence-corrected chi connectivity index (χ2v) is 5.18. The van der Waals surface area contributed by atoms with Crippen LogP contribution in [0.5, 0.6) is 0 Å². The number of nitrogens with one attached hydrogen (secondary N) is 1. The van der Waals surface area contributed by atoms with E-state index >= 15 is 0 Å². The van der Waals surface area contributed by atoms with Gasteiger partial charge < -0.3 is 4.74 Å². The molecule has 0 spiro atoms. The molecule has 3 nitrogen and oxygen atoms in total. The molecule has 0 aliphatic carbocycles. The molecule has 0 fully saturated rings. The fourth-order valence-corrected chi connectivity index (χ4v) is 3.31. The Morgan fingerprint density at radius 1 is 1.56 bits per heavy atom. The number of rotatable bonds is 5. The van der Waals surface area contributed by atoms with Crippen LogP contribution in [0.1, 0.15) is 12.5 Å². The van der Waals surface area contributed by atoms with Crippen molar-refractivity contribution in [3.8, 4) is 0 Å². The molecule has 2 unspecified atom stereocenters. The summed E-state index contributed by atoms with van der Waals surface area (Å²) in [4.78, 5) is 1.38. The third-order valence-corrected chi connectivity index (χ3v) is 4.29. The Balaban J connectivity index is 1.98. The summed E-state index contributed by atoms with van der Waals surface area (Å²) >= 11 is 1.90. The quantitative estimate of drug-likeness (QED) is 0.604. The second kappa shape index (κ2) is 5.68. The average Bonchev–Trinajstić information content (AvgIpc) is 2.73. The van der Waals surface area contributed by atoms with E-state index in [4.69, 9.17) is 10.6 Å². The number of hydrazine groups is 1. The van der Waals surface area contributed by atoms with E-state index in [1.165, 1.54) is 10.5 Å². The van der Waals surface area contributed by atoms with Crippen LogP contribution in [0.15, 0.2) is 29.2 Å². The van der Waals surface area contributed by atoms with Crippen LogP contribution in [0.3, 0.4) is 0 Å². The molecular formula is C12H18N2OS. The number of hydrogen-bond donors (Lipinski definition) is 2. The highest BCUT2D eigenvalue weighted by Crippen LogP contribution is 2.38. The average molecular weight is 238 g/mol. The topological polar surface area (TPSA) is 47.3 Å². The minimum absolute atomic E-state index is 0.220. The van der Waals surface area contributed by atoms with Crippen LogP contribution in [0.25, 0.3) is 0 Å². The first-order valence-electron chi connectivity index (χ1n) is 5.63. The van der Waals surface area contributed by atoms with Crippen LogP contribution in [0, 0.1) is 0 Å². The van der Waals surface area contributed by atoms with E-state index in [0.717, 1.165) is 13.0 Å². The Hall–Kier alpha value is -0.550. The summed E-state index contributed by atoms with van der Waals surface area (Å²) in [5, 5.41) is 0.481. The van der Waals surface area contributed by atoms with Crippen molar-refractivity contribution in [1.29, 1.82) is 0 Å². The zero-order valence-corrected chi connectivity index (χ0v) is 10.3. The lowest BCUT2D eigenvalue weighted by Crippen LogP contribution is -2.45. The minimum atomic E-state index is 0.220. The molecule has 1 aliphatic heterocycles. The molecule has 4 heteroatoms. The summed E-state index contributed by atoms with van der Waals surface area (Å²) in [7, 11) is 0. The number of ether oxygens (including phenoxy) is 1. The Morgan fingerprint density at radius 2 is 2.38 bits per heavy atom. The van der Waals surface area contributed by atoms with E-state index in [0.29, 0.717) is 11.9 Å². The molecule has 2 atom stereocenters. The summed E-state index contributed by atoms with van der Waals surface area (Å²) < 4.78 is 5.44. The van der Waals surface area contributed by atoms with Gasteiger partial charge in [0.1, 0.15) is 0 Å². The second-order valence-electron chi connectivity index (χ2n) is 3.90. The van der Waals surface area contributed by atoms with Crippen LogP contribution in [0.2, 0.25) is 0 Å². The molecule has 1 aliphatic rings. The lowest BCUT2D eigenvalue weighted by Gasteiger charge is -2.21. The Morgan fingerprint density at radius 3 is 3.06 bits per heavy atom. The van der Waals surface area contributed by atoms with Gasteiger partial charge >= 0.3 is 0 Å². The van der Waals surface area contributed by atoms with Crippen LogP contribution in [-0.4, -0.2) is 24.5 Å². The van der Waals surface area contributed by atoms with Gasteiger partial charge in [0.2, 0.25) is 0 Å². The first-order chi connectivity index (χ1) is 7.85. The number of benzene rings is 1. The number of nitrogens with two attached hydrogens (primary N) is 1. The number of hydrogen-bond acceptors (Lipinski definition) is 4. The Bertz CT molecular complexity index is 321. The number of thioether (sulfide) groups is 1. The van der Waals surface area contributed by atoms with Crippen molar-refractivity contribution >= 4 is 11.8 Å². The largest absolute Gasteiger partial charge is 0.380 e. The van der Waals surface area contributed by atoms with Crippen molar-refractivity contribution in [2.75, 3.05) is 13.2 Å². The van der Waals surface area contributed by atoms with Gasteiger partial charge in [-0.25, -0.2) is 0 Å². The standard InChI is InChI=1S/C12H18N2OS/c1-2-15-8-10(14-13)12-7-9-5-3-4-6-11(9)16-12/h3-6,10,12,14H,2,7-8,13H2,1H3. The van der Waals surface area contributed by atoms with Gasteiger partial charge in [0, 0.05) is 16.8 Å². The summed E-state index contributed by atoms with van der Waals surface area (Å²) in [5.74, 6) is 5.58. The van der Waals surface area contributed by atoms with Crippen molar-refractivity contribution in [2.24, 2.45) is 5.84 Å². The van der Waals surface area contributed by atoms with E-state index in [1.54, 1.807) is 0 Å². The van der Waals surface area contributed by atoms with Gasteiger partial charge in [-0.2, -0.15) is 0 Å². The minimum Gasteiger partial charge on any atom is -0.380 e. The van der Waals surface area contributed by atoms with E-state index in [2.05, 4.69) is 29.7 Å². The van der Waals surface area contributed by atoms with Crippen molar-refractivity contribution in [3.63, 3.8) is 0 Å². The maximum absolute atomic E-state index is 5.58. The molecule has 0 aromatic heterocycles. The Kier molecular flexibility index (Phi) is 4.23. The molecule has 1 heterocycles. The Labute approximate surface area is 101 Å². The van der Waals surface area contributed by atoms with Crippen molar-refractivity contribution in [1.82, 2.24) is 5.43 Å². The van der Waals surface area contributed by atoms with Crippen LogP contribution < -0.4 is 11.3 Å². The monoisotopic (exact) mass is 238 g/mol. The van der Waals surface area contributed by atoms with Crippen LogP contribution in [-0.2, 0) is 11.2 Å². The summed E-state index contributed by atoms with van der Waals surface area (Å²) in [6, 6.07) is 8.76. The normalized spacial score (nSPS) is 20.8. The fourth-order valence-electron chi connectivity index (χ4n) is 1.94. The molecule has 88 valence electrons. The van der Waals surface area contributed by atoms with E-state index < -0.39 is 0 Å². The molecule has 0 saturated heterocycles. The SMILES string of the molecule is CCOCC(NN)C1Cc2ccccc2S1. The summed E-state index contributed by atoms with van der Waals surface area (Å²) in [6.45, 7) is 3.42. The van der Waals surface area contributed by atoms with Crippen molar-refractivity contribution < 1.29 is 4.74 Å². The van der Waals surface area contributed by atoms with E-state index in [1.807, 2.05) is 18.7 Å². The predicted molar refractivity (Wildman–Crippen MR) is 67.4 cm³/mol. The van der Waals surface area contributed by atoms with Crippen molar-refractivity contribution in [3.05, 3.63) is 29.8 Å². The van der Waals surface area contributed by atoms with Gasteiger partial charge in [-0.3, -0.25) is 11.3 Å². The van der Waals surface area contributed by atoms with E-state index in [-0.39, 0.29) is 6.04 Å². The van der Waals surface area contributed by atoms with Crippen LogP contribution in [0.4, 0.5) is 0 Å². The van der Waals surface area contributed by atoms with Gasteiger partial charge in [0.05, 0.1) is 12.6 Å². The molecule has 0 saturated carbocycles. The first-order valence-corrected chi connectivity index (χ1v) is 6.51. The number of fused-ring (bicyclic) bond motifs is 1. The zero-order valence-electron chi connectivity index (χ0n) is 9.48. The van der Waals surface area contributed by atoms with Gasteiger partial charge in [0.15, 0.2) is 0 Å². The zero-order chi connectivity index (χ0) is 11.4. The summed E-state index contributed by atoms with van der Waals surface area (Å²) in [5.41, 5.74) is 4.29. The van der Waals surface area contributed by atoms with Gasteiger partial charge in [0.25, 0.3) is 0 Å². The lowest BCUT2D eigenvalue weighted by molar-refractivity contribution is 0.122. The molecule has 3 N–H and O–H groups in total. The molecule has 0 bridgehead atoms. The molecule has 2 rings (SSSR count). The molecule has 0 amide bonds. The third kappa shape index (κ3) is 2.58. The fraction of sp³-hybridized carbons (Fsp3) is 0.500. The smallest absolute Gasteiger partial charge is 0.0644 e. The highest BCUT2D eigenvalue weighted by Gasteiger charge is 2.28. The van der Waals surface area contributed by atoms with Gasteiger partial charge in [-0.1, -0.05) is 18.2 Å². The molecule has 1 aromatic rings. The highest BCUT2D eigenvalue weighted by atomic mass is 32.2. The first kappa shape index (κ1) is 11.9. The lowest BCUT2D eigenvalue weighted by atomic mass is 10.1. The van der Waals surface area contributed by atoms with Gasteiger partial charge in [-0.15, -0.1) is 11.8 Å². The van der Waals surface area contributed by atoms with Gasteiger partial charge in [-0.05, 0) is 25.0 Å². The molecular weight excluding hydrogens is 220 g/mol. The third-order valence-electron chi connectivity index (χ3n) is 2.84. The molecule has 16 heavy (non-hydrogen) atoms. The van der Waals surface area contributed by atoms with E-state index in [9.17, 15) is 0 Å². The molecule has 1 aromatic carbocycles. The maximum atomic E-state index is 5.58. The predicted octanol–water partition coefficient (Wildman–Crippen LogP) is 1.57. The maximum Gasteiger partial charge on any atom is 0.0644 e. The molecule has 0 radical (unpaired) electrons.